The fourth-order valence-electron chi connectivity index (χ4n) is 3.52. The van der Waals surface area contributed by atoms with Gasteiger partial charge >= 0.3 is 12.1 Å². The number of piperidine rings is 1. The number of hydrogen-bond donors (Lipinski definition) is 1. The van der Waals surface area contributed by atoms with E-state index in [1.807, 2.05) is 22.8 Å². The second kappa shape index (κ2) is 8.33. The number of amides is 4. The van der Waals surface area contributed by atoms with Gasteiger partial charge in [0.25, 0.3) is 0 Å². The van der Waals surface area contributed by atoms with Crippen molar-refractivity contribution in [2.24, 2.45) is 0 Å². The van der Waals surface area contributed by atoms with E-state index in [0.717, 1.165) is 44.5 Å². The van der Waals surface area contributed by atoms with E-state index >= 15 is 0 Å². The van der Waals surface area contributed by atoms with Gasteiger partial charge in [-0.05, 0) is 38.7 Å². The summed E-state index contributed by atoms with van der Waals surface area (Å²) >= 11 is 0. The van der Waals surface area contributed by atoms with E-state index in [0.29, 0.717) is 13.1 Å². The maximum atomic E-state index is 12.5. The molecule has 1 unspecified atom stereocenters. The average molecular weight is 360 g/mol. The number of nitrogens with one attached hydrogen (secondary N) is 1. The molecule has 2 aliphatic rings. The van der Waals surface area contributed by atoms with E-state index in [-0.39, 0.29) is 24.1 Å². The lowest BCUT2D eigenvalue weighted by Crippen LogP contribution is -2.52. The highest BCUT2D eigenvalue weighted by Gasteiger charge is 2.29. The smallest absolute Gasteiger partial charge is 0.319 e. The Labute approximate surface area is 154 Å². The summed E-state index contributed by atoms with van der Waals surface area (Å²) in [7, 11) is 1.77. The van der Waals surface area contributed by atoms with Gasteiger partial charge in [0, 0.05) is 45.5 Å². The molecule has 0 bridgehead atoms. The largest absolute Gasteiger partial charge is 0.335 e. The third-order valence-corrected chi connectivity index (χ3v) is 5.40. The highest BCUT2D eigenvalue weighted by molar-refractivity contribution is 5.76. The van der Waals surface area contributed by atoms with Crippen molar-refractivity contribution in [1.82, 2.24) is 30.0 Å². The number of carbonyl (C=O) groups is 2. The maximum Gasteiger partial charge on any atom is 0.319 e. The molecule has 4 amide bonds. The molecule has 0 saturated carbocycles. The van der Waals surface area contributed by atoms with Crippen molar-refractivity contribution in [3.8, 4) is 0 Å². The zero-order valence-electron chi connectivity index (χ0n) is 15.6. The number of nitrogens with zero attached hydrogens (tertiary/aromatic N) is 5. The Bertz CT molecular complexity index is 611. The Morgan fingerprint density at radius 1 is 1.19 bits per heavy atom. The van der Waals surface area contributed by atoms with Crippen molar-refractivity contribution in [2.45, 2.75) is 44.7 Å². The van der Waals surface area contributed by atoms with Crippen molar-refractivity contribution in [2.75, 3.05) is 33.2 Å². The summed E-state index contributed by atoms with van der Waals surface area (Å²) in [6, 6.07) is 1.83. The molecule has 1 atom stereocenters. The summed E-state index contributed by atoms with van der Waals surface area (Å²) in [5, 5.41) is 3.09. The van der Waals surface area contributed by atoms with Gasteiger partial charge in [-0.15, -0.1) is 0 Å². The fraction of sp³-hybridized carbons (Fsp3) is 0.667. The molecule has 8 nitrogen and oxygen atoms in total. The van der Waals surface area contributed by atoms with Gasteiger partial charge in [-0.3, -0.25) is 0 Å². The number of likely N-dealkylation sites (tertiary alicyclic amines) is 2. The number of aromatic nitrogens is 2. The first-order valence-corrected chi connectivity index (χ1v) is 9.39. The summed E-state index contributed by atoms with van der Waals surface area (Å²) in [5.74, 6) is 0. The number of urea groups is 2. The molecule has 1 aromatic heterocycles. The van der Waals surface area contributed by atoms with E-state index in [4.69, 9.17) is 0 Å². The van der Waals surface area contributed by atoms with Gasteiger partial charge in [-0.2, -0.15) is 0 Å². The summed E-state index contributed by atoms with van der Waals surface area (Å²) < 4.78 is 0. The van der Waals surface area contributed by atoms with Crippen LogP contribution in [0.2, 0.25) is 0 Å². The lowest BCUT2D eigenvalue weighted by Gasteiger charge is -2.35. The van der Waals surface area contributed by atoms with E-state index in [9.17, 15) is 9.59 Å². The van der Waals surface area contributed by atoms with Gasteiger partial charge in [-0.1, -0.05) is 0 Å². The molecule has 2 saturated heterocycles. The molecular formula is C18H28N6O2. The summed E-state index contributed by atoms with van der Waals surface area (Å²) in [4.78, 5) is 38.6. The van der Waals surface area contributed by atoms with Crippen LogP contribution < -0.4 is 5.32 Å². The molecule has 2 fully saturated rings. The van der Waals surface area contributed by atoms with Gasteiger partial charge in [0.2, 0.25) is 0 Å². The number of hydrogen-bond acceptors (Lipinski definition) is 4. The number of carbonyl (C=O) groups excluding carboxylic acids is 2. The molecule has 3 heterocycles. The topological polar surface area (TPSA) is 81.7 Å². The molecule has 0 aromatic carbocycles. The molecule has 3 rings (SSSR count). The van der Waals surface area contributed by atoms with Crippen LogP contribution in [0.5, 0.6) is 0 Å². The minimum atomic E-state index is -0.130. The summed E-state index contributed by atoms with van der Waals surface area (Å²) in [5.41, 5.74) is 0.809. The van der Waals surface area contributed by atoms with E-state index in [2.05, 4.69) is 15.3 Å². The minimum Gasteiger partial charge on any atom is -0.335 e. The monoisotopic (exact) mass is 360 g/mol. The highest BCUT2D eigenvalue weighted by Crippen LogP contribution is 2.18. The van der Waals surface area contributed by atoms with Crippen molar-refractivity contribution in [3.63, 3.8) is 0 Å². The molecule has 1 aromatic rings. The van der Waals surface area contributed by atoms with Crippen LogP contribution in [0.15, 0.2) is 18.6 Å². The quantitative estimate of drug-likeness (QED) is 0.892. The van der Waals surface area contributed by atoms with Gasteiger partial charge in [0.1, 0.15) is 6.33 Å². The lowest BCUT2D eigenvalue weighted by molar-refractivity contribution is 0.142. The van der Waals surface area contributed by atoms with Crippen LogP contribution in [-0.2, 0) is 0 Å². The molecule has 0 spiro atoms. The summed E-state index contributed by atoms with van der Waals surface area (Å²) in [6.45, 7) is 5.10. The maximum absolute atomic E-state index is 12.5. The zero-order chi connectivity index (χ0) is 18.5. The predicted molar refractivity (Wildman–Crippen MR) is 97.5 cm³/mol. The molecule has 2 aliphatic heterocycles. The Morgan fingerprint density at radius 2 is 1.85 bits per heavy atom. The Morgan fingerprint density at radius 3 is 2.46 bits per heavy atom. The summed E-state index contributed by atoms with van der Waals surface area (Å²) in [6.07, 6.45) is 6.97. The van der Waals surface area contributed by atoms with Crippen molar-refractivity contribution >= 4 is 12.1 Å². The average Bonchev–Trinajstić information content (AvgIpc) is 3.22. The van der Waals surface area contributed by atoms with Gasteiger partial charge in [-0.25, -0.2) is 19.6 Å². The third kappa shape index (κ3) is 4.23. The molecular weight excluding hydrogens is 332 g/mol. The van der Waals surface area contributed by atoms with Gasteiger partial charge in [0.15, 0.2) is 0 Å². The van der Waals surface area contributed by atoms with E-state index < -0.39 is 0 Å². The highest BCUT2D eigenvalue weighted by atomic mass is 16.2. The van der Waals surface area contributed by atoms with Crippen molar-refractivity contribution < 1.29 is 9.59 Å². The Balaban J connectivity index is 1.46. The molecule has 0 radical (unpaired) electrons. The first kappa shape index (κ1) is 18.4. The Hall–Kier alpha value is -2.38. The van der Waals surface area contributed by atoms with Crippen LogP contribution in [0.3, 0.4) is 0 Å². The first-order chi connectivity index (χ1) is 12.6. The van der Waals surface area contributed by atoms with Crippen LogP contribution in [0.25, 0.3) is 0 Å². The van der Waals surface area contributed by atoms with Crippen molar-refractivity contribution in [1.29, 1.82) is 0 Å². The van der Waals surface area contributed by atoms with Crippen LogP contribution >= 0.6 is 0 Å². The van der Waals surface area contributed by atoms with Gasteiger partial charge < -0.3 is 20.0 Å². The lowest BCUT2D eigenvalue weighted by atomic mass is 10.1. The van der Waals surface area contributed by atoms with Crippen LogP contribution in [0.4, 0.5) is 9.59 Å². The Kier molecular flexibility index (Phi) is 5.90. The van der Waals surface area contributed by atoms with Crippen LogP contribution in [-0.4, -0.2) is 76.0 Å². The van der Waals surface area contributed by atoms with Crippen LogP contribution in [0, 0.1) is 0 Å². The van der Waals surface area contributed by atoms with E-state index in [1.54, 1.807) is 18.1 Å². The zero-order valence-corrected chi connectivity index (χ0v) is 15.6. The fourth-order valence-corrected chi connectivity index (χ4v) is 3.52. The third-order valence-electron chi connectivity index (χ3n) is 5.40. The van der Waals surface area contributed by atoms with E-state index in [1.165, 1.54) is 6.33 Å². The second-order valence-corrected chi connectivity index (χ2v) is 7.11. The molecule has 26 heavy (non-hydrogen) atoms. The molecule has 142 valence electrons. The number of rotatable bonds is 3. The standard InChI is InChI=1S/C18H28N6O2/c1-14(16-5-8-19-13-20-16)22(2)17(25)21-15-6-11-24(12-7-15)18(26)23-9-3-4-10-23/h5,8,13-15H,3-4,6-7,9-12H2,1-2H3,(H,21,25). The minimum absolute atomic E-state index is 0.102. The first-order valence-electron chi connectivity index (χ1n) is 9.39. The molecule has 0 aliphatic carbocycles. The normalized spacial score (nSPS) is 19.3. The van der Waals surface area contributed by atoms with Crippen molar-refractivity contribution in [3.05, 3.63) is 24.3 Å². The van der Waals surface area contributed by atoms with Crippen LogP contribution in [0.1, 0.15) is 44.3 Å². The molecule has 8 heteroatoms. The SMILES string of the molecule is CC(c1ccncn1)N(C)C(=O)NC1CCN(C(=O)N2CCCC2)CC1. The predicted octanol–water partition coefficient (Wildman–Crippen LogP) is 1.86. The second-order valence-electron chi connectivity index (χ2n) is 7.11. The molecule has 1 N–H and O–H groups in total. The van der Waals surface area contributed by atoms with Gasteiger partial charge in [0.05, 0.1) is 11.7 Å².